The minimum atomic E-state index is 0.375. The van der Waals surface area contributed by atoms with Gasteiger partial charge in [0, 0.05) is 5.56 Å². The van der Waals surface area contributed by atoms with Crippen LogP contribution in [-0.2, 0) is 0 Å². The molecule has 6 heteroatoms. The predicted molar refractivity (Wildman–Crippen MR) is 78.2 cm³/mol. The van der Waals surface area contributed by atoms with Crippen molar-refractivity contribution < 1.29 is 9.73 Å². The smallest absolute Gasteiger partial charge is 0.260 e. The lowest BCUT2D eigenvalue weighted by atomic mass is 10.2. The molecule has 6 nitrogen and oxygen atoms in total. The quantitative estimate of drug-likeness (QED) is 0.436. The zero-order valence-corrected chi connectivity index (χ0v) is 11.0. The summed E-state index contributed by atoms with van der Waals surface area (Å²) in [4.78, 5) is 8.45. The van der Waals surface area contributed by atoms with E-state index in [2.05, 4.69) is 15.1 Å². The zero-order chi connectivity index (χ0) is 14.5. The SMILES string of the molecule is ONC=Nc1ccccc1-c1nc(-c2ccccc2)no1. The molecule has 2 aromatic carbocycles. The van der Waals surface area contributed by atoms with Gasteiger partial charge in [0.25, 0.3) is 5.89 Å². The molecule has 104 valence electrons. The Morgan fingerprint density at radius 2 is 1.81 bits per heavy atom. The molecule has 0 aliphatic rings. The normalized spacial score (nSPS) is 10.9. The summed E-state index contributed by atoms with van der Waals surface area (Å²) in [7, 11) is 0. The Morgan fingerprint density at radius 3 is 2.62 bits per heavy atom. The van der Waals surface area contributed by atoms with Gasteiger partial charge < -0.3 is 4.52 Å². The van der Waals surface area contributed by atoms with E-state index in [4.69, 9.17) is 9.73 Å². The zero-order valence-electron chi connectivity index (χ0n) is 11.0. The van der Waals surface area contributed by atoms with Crippen LogP contribution in [0.1, 0.15) is 0 Å². The molecule has 0 unspecified atom stereocenters. The van der Waals surface area contributed by atoms with Crippen molar-refractivity contribution >= 4 is 12.0 Å². The summed E-state index contributed by atoms with van der Waals surface area (Å²) in [5.74, 6) is 0.893. The summed E-state index contributed by atoms with van der Waals surface area (Å²) in [6.07, 6.45) is 1.17. The Bertz CT molecular complexity index is 753. The Balaban J connectivity index is 1.99. The van der Waals surface area contributed by atoms with Crippen molar-refractivity contribution in [2.75, 3.05) is 0 Å². The number of hydrogen-bond acceptors (Lipinski definition) is 5. The summed E-state index contributed by atoms with van der Waals surface area (Å²) >= 11 is 0. The summed E-state index contributed by atoms with van der Waals surface area (Å²) in [5, 5.41) is 12.6. The van der Waals surface area contributed by atoms with Crippen molar-refractivity contribution in [3.63, 3.8) is 0 Å². The molecule has 1 aromatic heterocycles. The van der Waals surface area contributed by atoms with Crippen molar-refractivity contribution in [2.24, 2.45) is 4.99 Å². The van der Waals surface area contributed by atoms with Gasteiger partial charge in [-0.3, -0.25) is 10.7 Å². The molecule has 0 radical (unpaired) electrons. The van der Waals surface area contributed by atoms with Crippen LogP contribution in [0.4, 0.5) is 5.69 Å². The number of hydroxylamine groups is 1. The van der Waals surface area contributed by atoms with Crippen LogP contribution in [0.5, 0.6) is 0 Å². The third-order valence-corrected chi connectivity index (χ3v) is 2.85. The fourth-order valence-corrected chi connectivity index (χ4v) is 1.90. The van der Waals surface area contributed by atoms with Gasteiger partial charge in [-0.25, -0.2) is 4.99 Å². The van der Waals surface area contributed by atoms with E-state index in [0.717, 1.165) is 5.56 Å². The molecule has 0 aliphatic heterocycles. The van der Waals surface area contributed by atoms with Gasteiger partial charge in [0.05, 0.1) is 11.3 Å². The van der Waals surface area contributed by atoms with Gasteiger partial charge >= 0.3 is 0 Å². The highest BCUT2D eigenvalue weighted by Crippen LogP contribution is 2.29. The third-order valence-electron chi connectivity index (χ3n) is 2.85. The Morgan fingerprint density at radius 1 is 1.05 bits per heavy atom. The fourth-order valence-electron chi connectivity index (χ4n) is 1.90. The van der Waals surface area contributed by atoms with Crippen molar-refractivity contribution in [1.29, 1.82) is 0 Å². The number of rotatable bonds is 4. The molecule has 2 N–H and O–H groups in total. The van der Waals surface area contributed by atoms with Crippen LogP contribution < -0.4 is 5.48 Å². The predicted octanol–water partition coefficient (Wildman–Crippen LogP) is 3.04. The average Bonchev–Trinajstić information content (AvgIpc) is 3.04. The first-order valence-electron chi connectivity index (χ1n) is 6.29. The highest BCUT2D eigenvalue weighted by atomic mass is 16.5. The molecule has 21 heavy (non-hydrogen) atoms. The van der Waals surface area contributed by atoms with E-state index >= 15 is 0 Å². The number of aromatic nitrogens is 2. The maximum absolute atomic E-state index is 8.59. The Kier molecular flexibility index (Phi) is 3.70. The largest absolute Gasteiger partial charge is 0.334 e. The van der Waals surface area contributed by atoms with Gasteiger partial charge in [0.2, 0.25) is 5.82 Å². The van der Waals surface area contributed by atoms with E-state index in [-0.39, 0.29) is 0 Å². The standard InChI is InChI=1S/C15H12N4O2/c20-17-10-16-13-9-5-4-8-12(13)15-18-14(19-21-15)11-6-2-1-3-7-11/h1-10,20H,(H,16,17). The maximum Gasteiger partial charge on any atom is 0.260 e. The Labute approximate surface area is 120 Å². The van der Waals surface area contributed by atoms with Gasteiger partial charge in [0.1, 0.15) is 6.34 Å². The lowest BCUT2D eigenvalue weighted by molar-refractivity contribution is 0.240. The van der Waals surface area contributed by atoms with Gasteiger partial charge in [-0.2, -0.15) is 4.98 Å². The molecule has 0 fully saturated rings. The fraction of sp³-hybridized carbons (Fsp3) is 0. The van der Waals surface area contributed by atoms with Gasteiger partial charge in [-0.05, 0) is 12.1 Å². The lowest BCUT2D eigenvalue weighted by Crippen LogP contribution is -2.01. The van der Waals surface area contributed by atoms with Gasteiger partial charge in [0.15, 0.2) is 0 Å². The number of nitrogens with one attached hydrogen (secondary N) is 1. The second-order valence-corrected chi connectivity index (χ2v) is 4.19. The van der Waals surface area contributed by atoms with Crippen LogP contribution in [0.15, 0.2) is 64.1 Å². The summed E-state index contributed by atoms with van der Waals surface area (Å²) < 4.78 is 5.31. The molecule has 0 bridgehead atoms. The maximum atomic E-state index is 8.59. The molecule has 0 amide bonds. The molecule has 3 rings (SSSR count). The molecule has 1 heterocycles. The molecule has 0 spiro atoms. The first-order valence-corrected chi connectivity index (χ1v) is 6.29. The van der Waals surface area contributed by atoms with Crippen molar-refractivity contribution in [1.82, 2.24) is 15.6 Å². The second-order valence-electron chi connectivity index (χ2n) is 4.19. The van der Waals surface area contributed by atoms with Crippen LogP contribution in [0.25, 0.3) is 22.8 Å². The van der Waals surface area contributed by atoms with E-state index in [1.807, 2.05) is 54.0 Å². The number of para-hydroxylation sites is 1. The van der Waals surface area contributed by atoms with Crippen molar-refractivity contribution in [3.8, 4) is 22.8 Å². The summed E-state index contributed by atoms with van der Waals surface area (Å²) in [6, 6.07) is 16.9. The monoisotopic (exact) mass is 280 g/mol. The number of aliphatic imine (C=N–C) groups is 1. The second kappa shape index (κ2) is 5.98. The first-order chi connectivity index (χ1) is 10.4. The summed E-state index contributed by atoms with van der Waals surface area (Å²) in [6.45, 7) is 0. The van der Waals surface area contributed by atoms with Crippen LogP contribution in [-0.4, -0.2) is 21.7 Å². The Hall–Kier alpha value is -2.99. The van der Waals surface area contributed by atoms with E-state index in [9.17, 15) is 0 Å². The van der Waals surface area contributed by atoms with Crippen molar-refractivity contribution in [3.05, 3.63) is 54.6 Å². The molecular weight excluding hydrogens is 268 g/mol. The number of benzene rings is 2. The third kappa shape index (κ3) is 2.80. The van der Waals surface area contributed by atoms with Crippen molar-refractivity contribution in [2.45, 2.75) is 0 Å². The van der Waals surface area contributed by atoms with E-state index < -0.39 is 0 Å². The number of nitrogens with zero attached hydrogens (tertiary/aromatic N) is 3. The molecule has 0 saturated heterocycles. The molecule has 0 saturated carbocycles. The van der Waals surface area contributed by atoms with Gasteiger partial charge in [-0.1, -0.05) is 47.6 Å². The van der Waals surface area contributed by atoms with Crippen LogP contribution in [0, 0.1) is 0 Å². The molecular formula is C15H12N4O2. The van der Waals surface area contributed by atoms with Crippen LogP contribution >= 0.6 is 0 Å². The van der Waals surface area contributed by atoms with Crippen LogP contribution in [0.3, 0.4) is 0 Å². The topological polar surface area (TPSA) is 83.5 Å². The highest BCUT2D eigenvalue weighted by Gasteiger charge is 2.13. The molecule has 0 aliphatic carbocycles. The highest BCUT2D eigenvalue weighted by molar-refractivity contribution is 5.74. The van der Waals surface area contributed by atoms with Crippen LogP contribution in [0.2, 0.25) is 0 Å². The molecule has 0 atom stereocenters. The number of hydrogen-bond donors (Lipinski definition) is 2. The molecule has 3 aromatic rings. The minimum absolute atomic E-state index is 0.375. The van der Waals surface area contributed by atoms with E-state index in [1.54, 1.807) is 6.07 Å². The first kappa shape index (κ1) is 13.0. The average molecular weight is 280 g/mol. The summed E-state index contributed by atoms with van der Waals surface area (Å²) in [5.41, 5.74) is 4.05. The minimum Gasteiger partial charge on any atom is -0.334 e. The lowest BCUT2D eigenvalue weighted by Gasteiger charge is -1.99. The van der Waals surface area contributed by atoms with E-state index in [0.29, 0.717) is 23.0 Å². The van der Waals surface area contributed by atoms with Gasteiger partial charge in [-0.15, -0.1) is 0 Å². The van der Waals surface area contributed by atoms with E-state index in [1.165, 1.54) is 6.34 Å².